The van der Waals surface area contributed by atoms with Crippen LogP contribution in [0.2, 0.25) is 0 Å². The van der Waals surface area contributed by atoms with Crippen LogP contribution in [0.3, 0.4) is 0 Å². The molecule has 0 saturated heterocycles. The fraction of sp³-hybridized carbons (Fsp3) is 0.310. The summed E-state index contributed by atoms with van der Waals surface area (Å²) in [5.41, 5.74) is 2.65. The highest BCUT2D eigenvalue weighted by Gasteiger charge is 2.33. The van der Waals surface area contributed by atoms with E-state index in [1.54, 1.807) is 12.1 Å². The van der Waals surface area contributed by atoms with Gasteiger partial charge in [-0.15, -0.1) is 0 Å². The number of benzene rings is 3. The van der Waals surface area contributed by atoms with Crippen LogP contribution >= 0.6 is 15.9 Å². The summed E-state index contributed by atoms with van der Waals surface area (Å²) in [4.78, 5) is 28.8. The van der Waals surface area contributed by atoms with Gasteiger partial charge in [-0.2, -0.15) is 4.31 Å². The number of halogens is 1. The molecule has 7 nitrogen and oxygen atoms in total. The molecular formula is C29H34BrN3O4S. The van der Waals surface area contributed by atoms with E-state index in [4.69, 9.17) is 0 Å². The SMILES string of the molecule is Cc1ccc(S(=O)(=O)N(C)CC(=O)N(Cc2ccc(Br)cc2)[C@H](Cc2ccccc2)C(=O)NC(C)C)cc1. The van der Waals surface area contributed by atoms with E-state index in [1.165, 1.54) is 24.1 Å². The van der Waals surface area contributed by atoms with E-state index in [2.05, 4.69) is 21.2 Å². The molecule has 202 valence electrons. The third-order valence-electron chi connectivity index (χ3n) is 6.06. The summed E-state index contributed by atoms with van der Waals surface area (Å²) < 4.78 is 28.3. The Hall–Kier alpha value is -3.01. The predicted octanol–water partition coefficient (Wildman–Crippen LogP) is 4.54. The summed E-state index contributed by atoms with van der Waals surface area (Å²) in [5.74, 6) is -0.760. The first-order valence-electron chi connectivity index (χ1n) is 12.4. The minimum absolute atomic E-state index is 0.108. The topological polar surface area (TPSA) is 86.8 Å². The lowest BCUT2D eigenvalue weighted by Gasteiger charge is -2.33. The van der Waals surface area contributed by atoms with Crippen molar-refractivity contribution in [1.29, 1.82) is 0 Å². The fourth-order valence-corrected chi connectivity index (χ4v) is 5.36. The summed E-state index contributed by atoms with van der Waals surface area (Å²) in [6.45, 7) is 5.33. The number of carbonyl (C=O) groups is 2. The minimum Gasteiger partial charge on any atom is -0.352 e. The molecule has 3 aromatic rings. The second kappa shape index (κ2) is 13.2. The van der Waals surface area contributed by atoms with Gasteiger partial charge in [-0.05, 0) is 56.2 Å². The van der Waals surface area contributed by atoms with Gasteiger partial charge in [0.15, 0.2) is 0 Å². The van der Waals surface area contributed by atoms with Crippen LogP contribution in [-0.2, 0) is 32.6 Å². The zero-order valence-corrected chi connectivity index (χ0v) is 24.5. The molecule has 38 heavy (non-hydrogen) atoms. The van der Waals surface area contributed by atoms with Crippen molar-refractivity contribution in [2.45, 2.75) is 50.7 Å². The maximum absolute atomic E-state index is 13.8. The van der Waals surface area contributed by atoms with Gasteiger partial charge in [0.05, 0.1) is 11.4 Å². The van der Waals surface area contributed by atoms with Gasteiger partial charge in [-0.25, -0.2) is 8.42 Å². The third kappa shape index (κ3) is 7.99. The molecular weight excluding hydrogens is 566 g/mol. The van der Waals surface area contributed by atoms with E-state index in [9.17, 15) is 18.0 Å². The van der Waals surface area contributed by atoms with Crippen molar-refractivity contribution in [1.82, 2.24) is 14.5 Å². The maximum atomic E-state index is 13.8. The average Bonchev–Trinajstić information content (AvgIpc) is 2.87. The molecule has 0 spiro atoms. The Morgan fingerprint density at radius 2 is 1.50 bits per heavy atom. The van der Waals surface area contributed by atoms with Crippen LogP contribution < -0.4 is 5.32 Å². The van der Waals surface area contributed by atoms with Crippen molar-refractivity contribution in [2.75, 3.05) is 13.6 Å². The maximum Gasteiger partial charge on any atom is 0.243 e. The van der Waals surface area contributed by atoms with Crippen LogP contribution in [0, 0.1) is 6.92 Å². The summed E-state index contributed by atoms with van der Waals surface area (Å²) >= 11 is 3.43. The van der Waals surface area contributed by atoms with Gasteiger partial charge in [0.2, 0.25) is 21.8 Å². The van der Waals surface area contributed by atoms with Crippen molar-refractivity contribution in [3.05, 3.63) is 100 Å². The Bertz CT molecular complexity index is 1330. The number of amides is 2. The van der Waals surface area contributed by atoms with E-state index in [-0.39, 0.29) is 29.8 Å². The quantitative estimate of drug-likeness (QED) is 0.350. The summed E-state index contributed by atoms with van der Waals surface area (Å²) in [6, 6.07) is 22.5. The lowest BCUT2D eigenvalue weighted by atomic mass is 10.0. The highest BCUT2D eigenvalue weighted by Crippen LogP contribution is 2.19. The molecule has 0 fully saturated rings. The number of rotatable bonds is 11. The summed E-state index contributed by atoms with van der Waals surface area (Å²) in [7, 11) is -2.53. The molecule has 0 bridgehead atoms. The number of likely N-dealkylation sites (N-methyl/N-ethyl adjacent to an activating group) is 1. The van der Waals surface area contributed by atoms with Gasteiger partial charge in [0, 0.05) is 30.5 Å². The molecule has 0 aliphatic carbocycles. The van der Waals surface area contributed by atoms with E-state index in [1.807, 2.05) is 75.4 Å². The molecule has 0 aliphatic heterocycles. The van der Waals surface area contributed by atoms with Crippen molar-refractivity contribution >= 4 is 37.8 Å². The largest absolute Gasteiger partial charge is 0.352 e. The van der Waals surface area contributed by atoms with Crippen LogP contribution in [0.25, 0.3) is 0 Å². The van der Waals surface area contributed by atoms with Gasteiger partial charge < -0.3 is 10.2 Å². The van der Waals surface area contributed by atoms with Crippen molar-refractivity contribution in [2.24, 2.45) is 0 Å². The number of nitrogens with one attached hydrogen (secondary N) is 1. The number of nitrogens with zero attached hydrogens (tertiary/aromatic N) is 2. The van der Waals surface area contributed by atoms with Crippen molar-refractivity contribution in [3.8, 4) is 0 Å². The number of sulfonamides is 1. The number of carbonyl (C=O) groups excluding carboxylic acids is 2. The predicted molar refractivity (Wildman–Crippen MR) is 153 cm³/mol. The molecule has 0 aliphatic rings. The molecule has 3 aromatic carbocycles. The monoisotopic (exact) mass is 599 g/mol. The number of hydrogen-bond acceptors (Lipinski definition) is 4. The first-order valence-corrected chi connectivity index (χ1v) is 14.6. The molecule has 0 unspecified atom stereocenters. The van der Waals surface area contributed by atoms with E-state index in [0.29, 0.717) is 0 Å². The van der Waals surface area contributed by atoms with Crippen LogP contribution in [0.1, 0.15) is 30.5 Å². The minimum atomic E-state index is -3.91. The van der Waals surface area contributed by atoms with Gasteiger partial charge in [0.1, 0.15) is 6.04 Å². The van der Waals surface area contributed by atoms with Crippen LogP contribution in [0.15, 0.2) is 88.2 Å². The highest BCUT2D eigenvalue weighted by molar-refractivity contribution is 9.10. The Labute approximate surface area is 234 Å². The molecule has 3 rings (SSSR count). The zero-order valence-electron chi connectivity index (χ0n) is 22.1. The van der Waals surface area contributed by atoms with Gasteiger partial charge in [0.25, 0.3) is 0 Å². The molecule has 9 heteroatoms. The lowest BCUT2D eigenvalue weighted by Crippen LogP contribution is -2.53. The Kier molecular flexibility index (Phi) is 10.2. The zero-order chi connectivity index (χ0) is 27.9. The normalized spacial score (nSPS) is 12.4. The average molecular weight is 601 g/mol. The Morgan fingerprint density at radius 3 is 2.08 bits per heavy atom. The first kappa shape index (κ1) is 29.5. The molecule has 0 heterocycles. The van der Waals surface area contributed by atoms with Crippen LogP contribution in [0.5, 0.6) is 0 Å². The number of aryl methyl sites for hydroxylation is 1. The van der Waals surface area contributed by atoms with E-state index in [0.717, 1.165) is 25.5 Å². The second-order valence-corrected chi connectivity index (χ2v) is 12.6. The summed E-state index contributed by atoms with van der Waals surface area (Å²) in [5, 5.41) is 2.94. The third-order valence-corrected chi connectivity index (χ3v) is 8.40. The van der Waals surface area contributed by atoms with Crippen LogP contribution in [-0.4, -0.2) is 55.1 Å². The van der Waals surface area contributed by atoms with Gasteiger partial charge in [-0.3, -0.25) is 9.59 Å². The van der Waals surface area contributed by atoms with E-state index >= 15 is 0 Å². The van der Waals surface area contributed by atoms with Gasteiger partial charge in [-0.1, -0.05) is 76.1 Å². The number of hydrogen-bond donors (Lipinski definition) is 1. The summed E-state index contributed by atoms with van der Waals surface area (Å²) in [6.07, 6.45) is 0.288. The van der Waals surface area contributed by atoms with Crippen molar-refractivity contribution < 1.29 is 18.0 Å². The Morgan fingerprint density at radius 1 is 0.895 bits per heavy atom. The fourth-order valence-electron chi connectivity index (χ4n) is 3.98. The molecule has 0 aromatic heterocycles. The second-order valence-electron chi connectivity index (χ2n) is 9.59. The van der Waals surface area contributed by atoms with Crippen LogP contribution in [0.4, 0.5) is 0 Å². The first-order chi connectivity index (χ1) is 18.0. The van der Waals surface area contributed by atoms with E-state index < -0.39 is 28.5 Å². The molecule has 1 atom stereocenters. The molecule has 2 amide bonds. The standard InChI is InChI=1S/C29H34BrN3O4S/c1-21(2)31-29(35)27(18-23-8-6-5-7-9-23)33(19-24-12-14-25(30)15-13-24)28(34)20-32(4)38(36,37)26-16-10-22(3)11-17-26/h5-17,21,27H,18-20H2,1-4H3,(H,31,35)/t27-/m1/s1. The molecule has 0 radical (unpaired) electrons. The molecule has 1 N–H and O–H groups in total. The Balaban J connectivity index is 1.96. The van der Waals surface area contributed by atoms with Crippen molar-refractivity contribution in [3.63, 3.8) is 0 Å². The lowest BCUT2D eigenvalue weighted by molar-refractivity contribution is -0.141. The smallest absolute Gasteiger partial charge is 0.243 e. The highest BCUT2D eigenvalue weighted by atomic mass is 79.9. The molecule has 0 saturated carbocycles. The van der Waals surface area contributed by atoms with Gasteiger partial charge >= 0.3 is 0 Å².